The number of rotatable bonds is 4. The van der Waals surface area contributed by atoms with Crippen LogP contribution in [0.25, 0.3) is 0 Å². The molecule has 0 N–H and O–H groups in total. The van der Waals surface area contributed by atoms with E-state index >= 15 is 0 Å². The predicted molar refractivity (Wildman–Crippen MR) is 68.5 cm³/mol. The van der Waals surface area contributed by atoms with Gasteiger partial charge in [0.25, 0.3) is 0 Å². The second-order valence-corrected chi connectivity index (χ2v) is 4.98. The minimum Gasteiger partial charge on any atom is -0.494 e. The van der Waals surface area contributed by atoms with Crippen LogP contribution in [0, 0.1) is 11.7 Å². The van der Waals surface area contributed by atoms with Crippen molar-refractivity contribution in [1.29, 1.82) is 0 Å². The highest BCUT2D eigenvalue weighted by molar-refractivity contribution is 5.96. The number of benzene rings is 1. The fourth-order valence-electron chi connectivity index (χ4n) is 2.61. The van der Waals surface area contributed by atoms with Crippen LogP contribution < -0.4 is 4.74 Å². The van der Waals surface area contributed by atoms with Crippen LogP contribution in [0.4, 0.5) is 4.39 Å². The second-order valence-electron chi connectivity index (χ2n) is 4.98. The molecule has 0 spiro atoms. The van der Waals surface area contributed by atoms with Gasteiger partial charge in [0, 0.05) is 12.0 Å². The maximum Gasteiger partial charge on any atom is 0.165 e. The zero-order valence-corrected chi connectivity index (χ0v) is 10.7. The molecule has 0 atom stereocenters. The van der Waals surface area contributed by atoms with E-state index in [0.717, 1.165) is 12.8 Å². The summed E-state index contributed by atoms with van der Waals surface area (Å²) in [6, 6.07) is 4.44. The fraction of sp³-hybridized carbons (Fsp3) is 0.533. The molecule has 0 heterocycles. The lowest BCUT2D eigenvalue weighted by molar-refractivity contribution is 0.0949. The van der Waals surface area contributed by atoms with Gasteiger partial charge in [-0.1, -0.05) is 32.1 Å². The van der Waals surface area contributed by atoms with Crippen molar-refractivity contribution in [1.82, 2.24) is 0 Å². The van der Waals surface area contributed by atoms with Crippen molar-refractivity contribution in [3.8, 4) is 5.75 Å². The molecular formula is C15H19FO2. The summed E-state index contributed by atoms with van der Waals surface area (Å²) < 4.78 is 18.4. The number of hydrogen-bond donors (Lipinski definition) is 0. The van der Waals surface area contributed by atoms with Crippen molar-refractivity contribution >= 4 is 5.78 Å². The third-order valence-corrected chi connectivity index (χ3v) is 3.67. The molecule has 2 nitrogen and oxygen atoms in total. The number of ether oxygens (including phenoxy) is 1. The van der Waals surface area contributed by atoms with Gasteiger partial charge in [0.1, 0.15) is 0 Å². The normalized spacial score (nSPS) is 16.6. The number of carbonyl (C=O) groups excluding carboxylic acids is 1. The number of halogens is 1. The minimum atomic E-state index is -0.466. The molecule has 0 unspecified atom stereocenters. The standard InChI is InChI=1S/C15H19FO2/c1-18-15-8-7-12(10-13(15)16)14(17)9-11-5-3-2-4-6-11/h7-8,10-11H,2-6,9H2,1H3. The highest BCUT2D eigenvalue weighted by Gasteiger charge is 2.18. The van der Waals surface area contributed by atoms with Crippen LogP contribution in [0.15, 0.2) is 18.2 Å². The number of ketones is 1. The summed E-state index contributed by atoms with van der Waals surface area (Å²) in [6.45, 7) is 0. The van der Waals surface area contributed by atoms with Crippen LogP contribution in [0.2, 0.25) is 0 Å². The Morgan fingerprint density at radius 2 is 2.06 bits per heavy atom. The Balaban J connectivity index is 2.01. The summed E-state index contributed by atoms with van der Waals surface area (Å²) in [5.74, 6) is 0.246. The van der Waals surface area contributed by atoms with Crippen molar-refractivity contribution < 1.29 is 13.9 Å². The second kappa shape index (κ2) is 5.98. The molecule has 1 aliphatic rings. The third kappa shape index (κ3) is 3.09. The molecular weight excluding hydrogens is 231 g/mol. The van der Waals surface area contributed by atoms with Crippen molar-refractivity contribution in [3.63, 3.8) is 0 Å². The molecule has 1 aromatic rings. The van der Waals surface area contributed by atoms with E-state index in [0.29, 0.717) is 17.9 Å². The van der Waals surface area contributed by atoms with Crippen molar-refractivity contribution in [2.75, 3.05) is 7.11 Å². The summed E-state index contributed by atoms with van der Waals surface area (Å²) in [5.41, 5.74) is 0.457. The van der Waals surface area contributed by atoms with Crippen molar-refractivity contribution in [2.45, 2.75) is 38.5 Å². The van der Waals surface area contributed by atoms with Crippen LogP contribution >= 0.6 is 0 Å². The fourth-order valence-corrected chi connectivity index (χ4v) is 2.61. The SMILES string of the molecule is COc1ccc(C(=O)CC2CCCCC2)cc1F. The molecule has 1 saturated carbocycles. The molecule has 1 aromatic carbocycles. The average molecular weight is 250 g/mol. The van der Waals surface area contributed by atoms with Crippen molar-refractivity contribution in [3.05, 3.63) is 29.6 Å². The topological polar surface area (TPSA) is 26.3 Å². The lowest BCUT2D eigenvalue weighted by Gasteiger charge is -2.20. The summed E-state index contributed by atoms with van der Waals surface area (Å²) in [6.07, 6.45) is 6.52. The van der Waals surface area contributed by atoms with Gasteiger partial charge < -0.3 is 4.74 Å². The van der Waals surface area contributed by atoms with E-state index in [1.54, 1.807) is 6.07 Å². The molecule has 1 fully saturated rings. The van der Waals surface area contributed by atoms with Crippen LogP contribution in [0.3, 0.4) is 0 Å². The first kappa shape index (κ1) is 13.1. The summed E-state index contributed by atoms with van der Waals surface area (Å²) in [7, 11) is 1.42. The molecule has 0 radical (unpaired) electrons. The summed E-state index contributed by atoms with van der Waals surface area (Å²) in [4.78, 5) is 12.1. The molecule has 3 heteroatoms. The molecule has 1 aliphatic carbocycles. The number of Topliss-reactive ketones (excluding diaryl/α,β-unsaturated/α-hetero) is 1. The quantitative estimate of drug-likeness (QED) is 0.755. The smallest absolute Gasteiger partial charge is 0.165 e. The zero-order chi connectivity index (χ0) is 13.0. The van der Waals surface area contributed by atoms with E-state index in [9.17, 15) is 9.18 Å². The molecule has 2 rings (SSSR count). The highest BCUT2D eigenvalue weighted by atomic mass is 19.1. The largest absolute Gasteiger partial charge is 0.494 e. The number of hydrogen-bond acceptors (Lipinski definition) is 2. The maximum atomic E-state index is 13.5. The van der Waals surface area contributed by atoms with E-state index in [2.05, 4.69) is 0 Å². The Morgan fingerprint density at radius 3 is 2.67 bits per heavy atom. The van der Waals surface area contributed by atoms with Gasteiger partial charge in [-0.2, -0.15) is 0 Å². The molecule has 18 heavy (non-hydrogen) atoms. The average Bonchev–Trinajstić information content (AvgIpc) is 2.39. The van der Waals surface area contributed by atoms with Crippen LogP contribution in [0.1, 0.15) is 48.9 Å². The zero-order valence-electron chi connectivity index (χ0n) is 10.7. The Morgan fingerprint density at radius 1 is 1.33 bits per heavy atom. The molecule has 0 aromatic heterocycles. The predicted octanol–water partition coefficient (Wildman–Crippen LogP) is 3.99. The van der Waals surface area contributed by atoms with Gasteiger partial charge in [-0.05, 0) is 24.1 Å². The van der Waals surface area contributed by atoms with Crippen LogP contribution in [-0.2, 0) is 0 Å². The molecule has 0 aliphatic heterocycles. The van der Waals surface area contributed by atoms with E-state index in [1.807, 2.05) is 0 Å². The van der Waals surface area contributed by atoms with E-state index in [1.165, 1.54) is 38.5 Å². The first-order chi connectivity index (χ1) is 8.70. The van der Waals surface area contributed by atoms with Crippen molar-refractivity contribution in [2.24, 2.45) is 5.92 Å². The highest BCUT2D eigenvalue weighted by Crippen LogP contribution is 2.28. The first-order valence-corrected chi connectivity index (χ1v) is 6.57. The van der Waals surface area contributed by atoms with Crippen LogP contribution in [0.5, 0.6) is 5.75 Å². The van der Waals surface area contributed by atoms with E-state index in [-0.39, 0.29) is 11.5 Å². The lowest BCUT2D eigenvalue weighted by atomic mass is 9.85. The van der Waals surface area contributed by atoms with Gasteiger partial charge in [-0.15, -0.1) is 0 Å². The molecule has 98 valence electrons. The molecule has 0 saturated heterocycles. The Labute approximate surface area is 107 Å². The minimum absolute atomic E-state index is 0.0449. The Bertz CT molecular complexity index is 423. The van der Waals surface area contributed by atoms with E-state index < -0.39 is 5.82 Å². The summed E-state index contributed by atoms with van der Waals surface area (Å²) >= 11 is 0. The maximum absolute atomic E-state index is 13.5. The van der Waals surface area contributed by atoms with Crippen LogP contribution in [-0.4, -0.2) is 12.9 Å². The Kier molecular flexibility index (Phi) is 4.34. The molecule has 0 amide bonds. The lowest BCUT2D eigenvalue weighted by Crippen LogP contribution is -2.12. The van der Waals surface area contributed by atoms with Gasteiger partial charge in [0.15, 0.2) is 17.3 Å². The van der Waals surface area contributed by atoms with Gasteiger partial charge in [0.2, 0.25) is 0 Å². The van der Waals surface area contributed by atoms with Gasteiger partial charge in [0.05, 0.1) is 7.11 Å². The van der Waals surface area contributed by atoms with Gasteiger partial charge in [-0.25, -0.2) is 4.39 Å². The van der Waals surface area contributed by atoms with Gasteiger partial charge in [-0.3, -0.25) is 4.79 Å². The third-order valence-electron chi connectivity index (χ3n) is 3.67. The number of methoxy groups -OCH3 is 1. The van der Waals surface area contributed by atoms with Gasteiger partial charge >= 0.3 is 0 Å². The molecule has 0 bridgehead atoms. The Hall–Kier alpha value is -1.38. The monoisotopic (exact) mass is 250 g/mol. The van der Waals surface area contributed by atoms with E-state index in [4.69, 9.17) is 4.74 Å². The summed E-state index contributed by atoms with van der Waals surface area (Å²) in [5, 5.41) is 0. The first-order valence-electron chi connectivity index (χ1n) is 6.57. The number of carbonyl (C=O) groups is 1.